The Morgan fingerprint density at radius 2 is 2.05 bits per heavy atom. The summed E-state index contributed by atoms with van der Waals surface area (Å²) in [4.78, 5) is 24.1. The topological polar surface area (TPSA) is 72.7 Å². The molecule has 6 heteroatoms. The number of hydrogen-bond donors (Lipinski definition) is 0. The normalized spacial score (nSPS) is 14.9. The van der Waals surface area contributed by atoms with Crippen LogP contribution in [0.4, 0.5) is 11.4 Å². The van der Waals surface area contributed by atoms with Gasteiger partial charge >= 0.3 is 5.97 Å². The summed E-state index contributed by atoms with van der Waals surface area (Å²) in [5.41, 5.74) is 1.57. The van der Waals surface area contributed by atoms with Crippen LogP contribution in [-0.4, -0.2) is 31.1 Å². The molecule has 1 aromatic rings. The van der Waals surface area contributed by atoms with Gasteiger partial charge in [0.2, 0.25) is 0 Å². The van der Waals surface area contributed by atoms with Crippen molar-refractivity contribution >= 4 is 17.3 Å². The molecule has 6 nitrogen and oxygen atoms in total. The molecular formula is C14H18N2O4. The third kappa shape index (κ3) is 3.26. The molecule has 0 radical (unpaired) electrons. The Balaban J connectivity index is 2.32. The van der Waals surface area contributed by atoms with Crippen molar-refractivity contribution in [2.45, 2.75) is 25.7 Å². The zero-order valence-corrected chi connectivity index (χ0v) is 11.5. The minimum atomic E-state index is -0.444. The molecular weight excluding hydrogens is 260 g/mol. The molecule has 1 aliphatic heterocycles. The fourth-order valence-corrected chi connectivity index (χ4v) is 2.50. The van der Waals surface area contributed by atoms with Gasteiger partial charge in [-0.15, -0.1) is 0 Å². The summed E-state index contributed by atoms with van der Waals surface area (Å²) in [5.74, 6) is -0.385. The molecule has 108 valence electrons. The predicted molar refractivity (Wildman–Crippen MR) is 74.9 cm³/mol. The number of nitro benzene ring substituents is 1. The highest BCUT2D eigenvalue weighted by molar-refractivity contribution is 5.76. The molecule has 1 saturated heterocycles. The maximum atomic E-state index is 11.5. The van der Waals surface area contributed by atoms with E-state index in [-0.39, 0.29) is 18.1 Å². The molecule has 0 bridgehead atoms. The van der Waals surface area contributed by atoms with E-state index in [1.54, 1.807) is 6.07 Å². The van der Waals surface area contributed by atoms with E-state index in [0.29, 0.717) is 5.56 Å². The summed E-state index contributed by atoms with van der Waals surface area (Å²) < 4.78 is 4.67. The second-order valence-corrected chi connectivity index (χ2v) is 4.87. The van der Waals surface area contributed by atoms with Crippen molar-refractivity contribution in [3.8, 4) is 0 Å². The summed E-state index contributed by atoms with van der Waals surface area (Å²) in [6, 6.07) is 4.70. The van der Waals surface area contributed by atoms with Crippen molar-refractivity contribution in [2.24, 2.45) is 0 Å². The number of nitrogens with zero attached hydrogens (tertiary/aromatic N) is 2. The van der Waals surface area contributed by atoms with Gasteiger partial charge in [0.1, 0.15) is 0 Å². The molecule has 0 aromatic heterocycles. The smallest absolute Gasteiger partial charge is 0.310 e. The van der Waals surface area contributed by atoms with Crippen molar-refractivity contribution in [2.75, 3.05) is 25.1 Å². The first-order valence-corrected chi connectivity index (χ1v) is 6.71. The lowest BCUT2D eigenvalue weighted by Crippen LogP contribution is -2.30. The number of hydrogen-bond acceptors (Lipinski definition) is 5. The second kappa shape index (κ2) is 6.36. The van der Waals surface area contributed by atoms with Gasteiger partial charge in [-0.2, -0.15) is 0 Å². The first kappa shape index (κ1) is 14.3. The summed E-state index contributed by atoms with van der Waals surface area (Å²) in [5, 5.41) is 10.9. The molecule has 0 spiro atoms. The van der Waals surface area contributed by atoms with Gasteiger partial charge in [0.15, 0.2) is 0 Å². The van der Waals surface area contributed by atoms with Crippen LogP contribution in [0.25, 0.3) is 0 Å². The molecule has 1 aromatic carbocycles. The van der Waals surface area contributed by atoms with Gasteiger partial charge in [0, 0.05) is 30.9 Å². The van der Waals surface area contributed by atoms with Crippen molar-refractivity contribution in [1.82, 2.24) is 0 Å². The Kier molecular flexibility index (Phi) is 4.55. The van der Waals surface area contributed by atoms with Gasteiger partial charge in [0.25, 0.3) is 5.69 Å². The van der Waals surface area contributed by atoms with Gasteiger partial charge < -0.3 is 9.64 Å². The van der Waals surface area contributed by atoms with Crippen LogP contribution in [0, 0.1) is 10.1 Å². The number of methoxy groups -OCH3 is 1. The first-order valence-electron chi connectivity index (χ1n) is 6.71. The zero-order valence-electron chi connectivity index (χ0n) is 11.5. The van der Waals surface area contributed by atoms with Crippen LogP contribution in [0.3, 0.4) is 0 Å². The number of anilines is 1. The van der Waals surface area contributed by atoms with E-state index in [1.165, 1.54) is 25.7 Å². The molecule has 1 heterocycles. The Labute approximate surface area is 117 Å². The largest absolute Gasteiger partial charge is 0.469 e. The zero-order chi connectivity index (χ0) is 14.5. The molecule has 0 saturated carbocycles. The van der Waals surface area contributed by atoms with Crippen LogP contribution in [0.2, 0.25) is 0 Å². The molecule has 20 heavy (non-hydrogen) atoms. The maximum absolute atomic E-state index is 11.5. The van der Waals surface area contributed by atoms with E-state index < -0.39 is 4.92 Å². The predicted octanol–water partition coefficient (Wildman–Crippen LogP) is 2.30. The minimum absolute atomic E-state index is 0.00432. The average molecular weight is 278 g/mol. The van der Waals surface area contributed by atoms with Gasteiger partial charge in [-0.1, -0.05) is 0 Å². The van der Waals surface area contributed by atoms with Crippen LogP contribution in [-0.2, 0) is 16.0 Å². The lowest BCUT2D eigenvalue weighted by molar-refractivity contribution is -0.384. The number of carbonyl (C=O) groups excluding carboxylic acids is 1. The number of piperidine rings is 1. The Morgan fingerprint density at radius 1 is 1.35 bits per heavy atom. The monoisotopic (exact) mass is 278 g/mol. The van der Waals surface area contributed by atoms with Gasteiger partial charge in [-0.05, 0) is 30.9 Å². The van der Waals surface area contributed by atoms with Crippen molar-refractivity contribution < 1.29 is 14.5 Å². The highest BCUT2D eigenvalue weighted by Crippen LogP contribution is 2.28. The molecule has 0 aliphatic carbocycles. The Hall–Kier alpha value is -2.11. The van der Waals surface area contributed by atoms with E-state index in [9.17, 15) is 14.9 Å². The van der Waals surface area contributed by atoms with Crippen LogP contribution in [0.15, 0.2) is 18.2 Å². The molecule has 1 aliphatic rings. The summed E-state index contributed by atoms with van der Waals surface area (Å²) in [6.45, 7) is 1.85. The number of nitro groups is 1. The fourth-order valence-electron chi connectivity index (χ4n) is 2.50. The quantitative estimate of drug-likeness (QED) is 0.480. The third-order valence-electron chi connectivity index (χ3n) is 3.53. The maximum Gasteiger partial charge on any atom is 0.310 e. The van der Waals surface area contributed by atoms with Gasteiger partial charge in [-0.3, -0.25) is 14.9 Å². The highest BCUT2D eigenvalue weighted by Gasteiger charge is 2.19. The van der Waals surface area contributed by atoms with E-state index >= 15 is 0 Å². The minimum Gasteiger partial charge on any atom is -0.469 e. The molecule has 0 atom stereocenters. The lowest BCUT2D eigenvalue weighted by atomic mass is 10.0. The fraction of sp³-hybridized carbons (Fsp3) is 0.500. The van der Waals surface area contributed by atoms with E-state index in [0.717, 1.165) is 31.6 Å². The highest BCUT2D eigenvalue weighted by atomic mass is 16.6. The molecule has 2 rings (SSSR count). The van der Waals surface area contributed by atoms with E-state index in [2.05, 4.69) is 9.64 Å². The van der Waals surface area contributed by atoms with E-state index in [1.807, 2.05) is 0 Å². The van der Waals surface area contributed by atoms with Crippen LogP contribution < -0.4 is 4.90 Å². The number of esters is 1. The van der Waals surface area contributed by atoms with Crippen LogP contribution in [0.1, 0.15) is 24.8 Å². The summed E-state index contributed by atoms with van der Waals surface area (Å²) >= 11 is 0. The van der Waals surface area contributed by atoms with Crippen LogP contribution >= 0.6 is 0 Å². The second-order valence-electron chi connectivity index (χ2n) is 4.87. The van der Waals surface area contributed by atoms with Crippen molar-refractivity contribution in [1.29, 1.82) is 0 Å². The number of non-ortho nitro benzene ring substituents is 1. The summed E-state index contributed by atoms with van der Waals surface area (Å²) in [7, 11) is 1.32. The number of carbonyl (C=O) groups is 1. The average Bonchev–Trinajstić information content (AvgIpc) is 2.47. The first-order chi connectivity index (χ1) is 9.61. The van der Waals surface area contributed by atoms with Crippen molar-refractivity contribution in [3.05, 3.63) is 33.9 Å². The van der Waals surface area contributed by atoms with Gasteiger partial charge in [-0.25, -0.2) is 0 Å². The Bertz CT molecular complexity index is 510. The lowest BCUT2D eigenvalue weighted by Gasteiger charge is -2.30. The number of rotatable bonds is 4. The number of benzene rings is 1. The van der Waals surface area contributed by atoms with Crippen LogP contribution in [0.5, 0.6) is 0 Å². The molecule has 0 unspecified atom stereocenters. The SMILES string of the molecule is COC(=O)Cc1cc([N+](=O)[O-])ccc1N1CCCCC1. The third-order valence-corrected chi connectivity index (χ3v) is 3.53. The molecule has 1 fully saturated rings. The molecule has 0 amide bonds. The van der Waals surface area contributed by atoms with Gasteiger partial charge in [0.05, 0.1) is 18.5 Å². The Morgan fingerprint density at radius 3 is 2.65 bits per heavy atom. The standard InChI is InChI=1S/C14H18N2O4/c1-20-14(17)10-11-9-12(16(18)19)5-6-13(11)15-7-3-2-4-8-15/h5-6,9H,2-4,7-8,10H2,1H3. The number of ether oxygens (including phenoxy) is 1. The van der Waals surface area contributed by atoms with Crippen molar-refractivity contribution in [3.63, 3.8) is 0 Å². The molecule has 0 N–H and O–H groups in total. The van der Waals surface area contributed by atoms with E-state index in [4.69, 9.17) is 0 Å². The summed E-state index contributed by atoms with van der Waals surface area (Å²) in [6.07, 6.45) is 3.48.